The molecule has 1 atom stereocenters. The smallest absolute Gasteiger partial charge is 0.176 e. The van der Waals surface area contributed by atoms with Crippen LogP contribution < -0.4 is 5.30 Å². The Labute approximate surface area is 98.1 Å². The van der Waals surface area contributed by atoms with Crippen molar-refractivity contribution in [2.45, 2.75) is 32.7 Å². The van der Waals surface area contributed by atoms with Crippen molar-refractivity contribution in [1.29, 1.82) is 0 Å². The van der Waals surface area contributed by atoms with E-state index in [1.165, 1.54) is 18.4 Å². The number of fused-ring (bicyclic) bond motifs is 1. The van der Waals surface area contributed by atoms with Crippen LogP contribution in [0.5, 0.6) is 0 Å². The first-order valence-electron chi connectivity index (χ1n) is 6.07. The summed E-state index contributed by atoms with van der Waals surface area (Å²) in [6.07, 6.45) is 3.60. The summed E-state index contributed by atoms with van der Waals surface area (Å²) in [5, 5.41) is 1.08. The Morgan fingerprint density at radius 1 is 1.31 bits per heavy atom. The lowest BCUT2D eigenvalue weighted by atomic mass is 10.2. The number of hydrogen-bond donors (Lipinski definition) is 0. The molecule has 3 heteroatoms. The minimum Gasteiger partial charge on any atom is -0.302 e. The lowest BCUT2D eigenvalue weighted by molar-refractivity contribution is 0.412. The molecule has 1 aliphatic heterocycles. The zero-order valence-electron chi connectivity index (χ0n) is 10.1. The molecule has 0 saturated heterocycles. The molecule has 0 saturated carbocycles. The van der Waals surface area contributed by atoms with Crippen molar-refractivity contribution in [1.82, 2.24) is 4.67 Å². The molecule has 0 aromatic heterocycles. The van der Waals surface area contributed by atoms with Crippen LogP contribution in [0.25, 0.3) is 0 Å². The number of nitrogens with zero attached hydrogens (tertiary/aromatic N) is 1. The lowest BCUT2D eigenvalue weighted by Crippen LogP contribution is -2.17. The second-order valence-corrected chi connectivity index (χ2v) is 7.41. The molecule has 1 aliphatic rings. The van der Waals surface area contributed by atoms with E-state index >= 15 is 0 Å². The standard InChI is InChI=1S/C13H20NOP/c1-3-4-7-10-14-11-12-8-5-6-9-13(12)16(14,2)15/h5-6,8-9H,3-4,7,10-11H2,1-2H3. The van der Waals surface area contributed by atoms with Crippen LogP contribution in [-0.4, -0.2) is 17.9 Å². The van der Waals surface area contributed by atoms with Crippen LogP contribution in [0.1, 0.15) is 31.7 Å². The van der Waals surface area contributed by atoms with Gasteiger partial charge in [0.1, 0.15) is 0 Å². The fraction of sp³-hybridized carbons (Fsp3) is 0.538. The van der Waals surface area contributed by atoms with Crippen LogP contribution in [-0.2, 0) is 11.1 Å². The van der Waals surface area contributed by atoms with Crippen molar-refractivity contribution < 1.29 is 4.57 Å². The summed E-state index contributed by atoms with van der Waals surface area (Å²) >= 11 is 0. The fourth-order valence-corrected chi connectivity index (χ4v) is 4.64. The highest BCUT2D eigenvalue weighted by Gasteiger charge is 2.35. The molecule has 0 amide bonds. The predicted molar refractivity (Wildman–Crippen MR) is 69.5 cm³/mol. The van der Waals surface area contributed by atoms with Gasteiger partial charge in [-0.3, -0.25) is 0 Å². The van der Waals surface area contributed by atoms with E-state index in [-0.39, 0.29) is 0 Å². The van der Waals surface area contributed by atoms with Crippen LogP contribution in [0, 0.1) is 0 Å². The van der Waals surface area contributed by atoms with Gasteiger partial charge in [0.15, 0.2) is 7.29 Å². The Hall–Kier alpha value is -0.590. The Morgan fingerprint density at radius 2 is 2.06 bits per heavy atom. The maximum atomic E-state index is 12.7. The zero-order valence-corrected chi connectivity index (χ0v) is 11.0. The highest BCUT2D eigenvalue weighted by molar-refractivity contribution is 7.69. The van der Waals surface area contributed by atoms with Gasteiger partial charge in [-0.1, -0.05) is 38.0 Å². The van der Waals surface area contributed by atoms with Crippen molar-refractivity contribution in [3.63, 3.8) is 0 Å². The molecule has 0 bridgehead atoms. The van der Waals surface area contributed by atoms with E-state index in [1.54, 1.807) is 0 Å². The van der Waals surface area contributed by atoms with E-state index in [1.807, 2.05) is 24.9 Å². The van der Waals surface area contributed by atoms with Crippen molar-refractivity contribution in [2.24, 2.45) is 0 Å². The molecule has 1 unspecified atom stereocenters. The Balaban J connectivity index is 2.13. The maximum Gasteiger partial charge on any atom is 0.176 e. The monoisotopic (exact) mass is 237 g/mol. The quantitative estimate of drug-likeness (QED) is 0.592. The average Bonchev–Trinajstić information content (AvgIpc) is 2.52. The molecule has 0 N–H and O–H groups in total. The molecular formula is C13H20NOP. The normalized spacial score (nSPS) is 24.6. The molecule has 0 radical (unpaired) electrons. The molecule has 2 nitrogen and oxygen atoms in total. The average molecular weight is 237 g/mol. The van der Waals surface area contributed by atoms with Gasteiger partial charge >= 0.3 is 0 Å². The summed E-state index contributed by atoms with van der Waals surface area (Å²) in [5.41, 5.74) is 1.25. The Morgan fingerprint density at radius 3 is 2.75 bits per heavy atom. The first-order chi connectivity index (χ1) is 7.66. The van der Waals surface area contributed by atoms with Gasteiger partial charge < -0.3 is 4.57 Å². The van der Waals surface area contributed by atoms with Crippen molar-refractivity contribution in [3.8, 4) is 0 Å². The van der Waals surface area contributed by atoms with E-state index in [0.29, 0.717) is 0 Å². The van der Waals surface area contributed by atoms with E-state index in [2.05, 4.69) is 17.7 Å². The number of rotatable bonds is 4. The van der Waals surface area contributed by atoms with Crippen LogP contribution in [0.2, 0.25) is 0 Å². The van der Waals surface area contributed by atoms with E-state index in [0.717, 1.165) is 24.8 Å². The highest BCUT2D eigenvalue weighted by Crippen LogP contribution is 2.51. The van der Waals surface area contributed by atoms with Crippen molar-refractivity contribution in [2.75, 3.05) is 13.2 Å². The molecule has 16 heavy (non-hydrogen) atoms. The van der Waals surface area contributed by atoms with Crippen molar-refractivity contribution in [3.05, 3.63) is 29.8 Å². The Bertz CT molecular complexity index is 416. The van der Waals surface area contributed by atoms with E-state index in [9.17, 15) is 4.57 Å². The Kier molecular flexibility index (Phi) is 3.51. The van der Waals surface area contributed by atoms with E-state index in [4.69, 9.17) is 0 Å². The van der Waals surface area contributed by atoms with Gasteiger partial charge in [0.05, 0.1) is 0 Å². The maximum absolute atomic E-state index is 12.7. The minimum atomic E-state index is -2.25. The predicted octanol–water partition coefficient (Wildman–Crippen LogP) is 3.23. The molecule has 1 aromatic carbocycles. The zero-order chi connectivity index (χ0) is 11.6. The topological polar surface area (TPSA) is 20.3 Å². The molecule has 0 aliphatic carbocycles. The van der Waals surface area contributed by atoms with Gasteiger partial charge in [-0.05, 0) is 18.1 Å². The molecule has 2 rings (SSSR count). The van der Waals surface area contributed by atoms with Crippen LogP contribution in [0.3, 0.4) is 0 Å². The molecule has 0 fully saturated rings. The van der Waals surface area contributed by atoms with Gasteiger partial charge in [-0.15, -0.1) is 0 Å². The SMILES string of the molecule is CCCCCN1Cc2ccccc2P1(C)=O. The lowest BCUT2D eigenvalue weighted by Gasteiger charge is -2.21. The second kappa shape index (κ2) is 4.73. The number of unbranched alkanes of at least 4 members (excludes halogenated alkanes) is 2. The van der Waals surface area contributed by atoms with Gasteiger partial charge in [-0.25, -0.2) is 4.67 Å². The van der Waals surface area contributed by atoms with Crippen molar-refractivity contribution >= 4 is 12.6 Å². The van der Waals surface area contributed by atoms with Gasteiger partial charge in [-0.2, -0.15) is 0 Å². The summed E-state index contributed by atoms with van der Waals surface area (Å²) in [6.45, 7) is 5.94. The van der Waals surface area contributed by atoms with Gasteiger partial charge in [0.25, 0.3) is 0 Å². The summed E-state index contributed by atoms with van der Waals surface area (Å²) in [5.74, 6) is 0. The van der Waals surface area contributed by atoms with Gasteiger partial charge in [0.2, 0.25) is 0 Å². The number of benzene rings is 1. The fourth-order valence-electron chi connectivity index (χ4n) is 2.35. The molecule has 88 valence electrons. The summed E-state index contributed by atoms with van der Waals surface area (Å²) in [4.78, 5) is 0. The van der Waals surface area contributed by atoms with Crippen LogP contribution in [0.15, 0.2) is 24.3 Å². The third kappa shape index (κ3) is 2.09. The summed E-state index contributed by atoms with van der Waals surface area (Å²) in [6, 6.07) is 8.15. The largest absolute Gasteiger partial charge is 0.302 e. The molecule has 1 heterocycles. The highest BCUT2D eigenvalue weighted by atomic mass is 31.2. The van der Waals surface area contributed by atoms with Gasteiger partial charge in [0, 0.05) is 25.1 Å². The molecule has 1 aromatic rings. The summed E-state index contributed by atoms with van der Waals surface area (Å²) < 4.78 is 14.9. The molecule has 0 spiro atoms. The third-order valence-corrected chi connectivity index (χ3v) is 6.10. The summed E-state index contributed by atoms with van der Waals surface area (Å²) in [7, 11) is -2.25. The molecular weight excluding hydrogens is 217 g/mol. The first kappa shape index (κ1) is 11.9. The number of hydrogen-bond acceptors (Lipinski definition) is 1. The first-order valence-corrected chi connectivity index (χ1v) is 8.18. The van der Waals surface area contributed by atoms with Crippen LogP contribution in [0.4, 0.5) is 0 Å². The second-order valence-electron chi connectivity index (χ2n) is 4.60. The van der Waals surface area contributed by atoms with Crippen LogP contribution >= 0.6 is 7.29 Å². The van der Waals surface area contributed by atoms with E-state index < -0.39 is 7.29 Å². The minimum absolute atomic E-state index is 0.869. The third-order valence-electron chi connectivity index (χ3n) is 3.35.